The van der Waals surface area contributed by atoms with E-state index in [0.717, 1.165) is 0 Å². The number of alkyl halides is 3. The molecule has 1 amide bonds. The molecule has 17 heavy (non-hydrogen) atoms. The zero-order chi connectivity index (χ0) is 13.1. The van der Waals surface area contributed by atoms with Crippen molar-refractivity contribution in [1.82, 2.24) is 10.2 Å². The highest BCUT2D eigenvalue weighted by atomic mass is 19.4. The molecule has 0 aromatic carbocycles. The van der Waals surface area contributed by atoms with Crippen LogP contribution in [0.2, 0.25) is 0 Å². The Morgan fingerprint density at radius 2 is 2.06 bits per heavy atom. The average molecular weight is 253 g/mol. The van der Waals surface area contributed by atoms with Gasteiger partial charge in [0.2, 0.25) is 5.91 Å². The Morgan fingerprint density at radius 1 is 1.47 bits per heavy atom. The van der Waals surface area contributed by atoms with Crippen molar-refractivity contribution in [3.8, 4) is 0 Å². The van der Waals surface area contributed by atoms with Crippen molar-refractivity contribution in [2.75, 3.05) is 26.7 Å². The highest BCUT2D eigenvalue weighted by Gasteiger charge is 2.45. The van der Waals surface area contributed by atoms with E-state index in [4.69, 9.17) is 5.73 Å². The van der Waals surface area contributed by atoms with Crippen LogP contribution < -0.4 is 11.1 Å². The summed E-state index contributed by atoms with van der Waals surface area (Å²) in [5, 5.41) is 2.63. The van der Waals surface area contributed by atoms with Gasteiger partial charge in [-0.1, -0.05) is 0 Å². The zero-order valence-electron chi connectivity index (χ0n) is 9.81. The van der Waals surface area contributed by atoms with Crippen LogP contribution >= 0.6 is 0 Å². The summed E-state index contributed by atoms with van der Waals surface area (Å²) < 4.78 is 35.9. The minimum Gasteiger partial charge on any atom is -0.354 e. The van der Waals surface area contributed by atoms with E-state index in [0.29, 0.717) is 25.8 Å². The molecule has 0 bridgehead atoms. The van der Waals surface area contributed by atoms with Crippen LogP contribution in [-0.4, -0.2) is 49.2 Å². The SMILES string of the molecule is CN(CCCNC(=O)C1(N)CC1)CC(F)(F)F. The van der Waals surface area contributed by atoms with Gasteiger partial charge in [0.15, 0.2) is 0 Å². The van der Waals surface area contributed by atoms with Gasteiger partial charge >= 0.3 is 6.18 Å². The van der Waals surface area contributed by atoms with E-state index >= 15 is 0 Å². The lowest BCUT2D eigenvalue weighted by molar-refractivity contribution is -0.143. The summed E-state index contributed by atoms with van der Waals surface area (Å²) in [6, 6.07) is 0. The summed E-state index contributed by atoms with van der Waals surface area (Å²) in [5.74, 6) is -0.198. The van der Waals surface area contributed by atoms with Gasteiger partial charge in [-0.05, 0) is 32.9 Å². The summed E-state index contributed by atoms with van der Waals surface area (Å²) in [5.41, 5.74) is 4.93. The second kappa shape index (κ2) is 5.22. The number of amides is 1. The third-order valence-corrected chi connectivity index (χ3v) is 2.69. The van der Waals surface area contributed by atoms with Crippen molar-refractivity contribution >= 4 is 5.91 Å². The van der Waals surface area contributed by atoms with Crippen molar-refractivity contribution in [2.45, 2.75) is 31.0 Å². The Labute approximate surface area is 98.3 Å². The highest BCUT2D eigenvalue weighted by Crippen LogP contribution is 2.31. The first kappa shape index (κ1) is 14.2. The van der Waals surface area contributed by atoms with Crippen molar-refractivity contribution in [3.05, 3.63) is 0 Å². The van der Waals surface area contributed by atoms with Gasteiger partial charge in [-0.25, -0.2) is 0 Å². The lowest BCUT2D eigenvalue weighted by Crippen LogP contribution is -2.43. The maximum Gasteiger partial charge on any atom is 0.401 e. The second-order valence-electron chi connectivity index (χ2n) is 4.62. The predicted octanol–water partition coefficient (Wildman–Crippen LogP) is 0.478. The maximum atomic E-state index is 12.0. The van der Waals surface area contributed by atoms with E-state index in [9.17, 15) is 18.0 Å². The van der Waals surface area contributed by atoms with Crippen LogP contribution in [0.25, 0.3) is 0 Å². The summed E-state index contributed by atoms with van der Waals surface area (Å²) in [6.45, 7) is -0.279. The molecule has 0 aromatic heterocycles. The molecule has 0 spiro atoms. The molecule has 7 heteroatoms. The maximum absolute atomic E-state index is 12.0. The number of rotatable bonds is 6. The molecule has 0 saturated heterocycles. The fraction of sp³-hybridized carbons (Fsp3) is 0.900. The van der Waals surface area contributed by atoms with Crippen LogP contribution in [0, 0.1) is 0 Å². The molecule has 100 valence electrons. The number of hydrogen-bond donors (Lipinski definition) is 2. The number of halogens is 3. The molecule has 0 aliphatic heterocycles. The lowest BCUT2D eigenvalue weighted by Gasteiger charge is -2.18. The quantitative estimate of drug-likeness (QED) is 0.677. The number of carbonyl (C=O) groups excluding carboxylic acids is 1. The number of hydrogen-bond acceptors (Lipinski definition) is 3. The van der Waals surface area contributed by atoms with Gasteiger partial charge in [0.25, 0.3) is 0 Å². The van der Waals surface area contributed by atoms with Crippen molar-refractivity contribution in [2.24, 2.45) is 5.73 Å². The van der Waals surface area contributed by atoms with Crippen LogP contribution in [0.3, 0.4) is 0 Å². The first-order valence-corrected chi connectivity index (χ1v) is 5.55. The van der Waals surface area contributed by atoms with Gasteiger partial charge in [-0.3, -0.25) is 9.69 Å². The van der Waals surface area contributed by atoms with Crippen LogP contribution in [0.4, 0.5) is 13.2 Å². The summed E-state index contributed by atoms with van der Waals surface area (Å²) >= 11 is 0. The first-order valence-electron chi connectivity index (χ1n) is 5.55. The third-order valence-electron chi connectivity index (χ3n) is 2.69. The molecule has 0 radical (unpaired) electrons. The molecular formula is C10H18F3N3O. The molecule has 1 aliphatic rings. The van der Waals surface area contributed by atoms with Gasteiger partial charge in [-0.15, -0.1) is 0 Å². The Kier molecular flexibility index (Phi) is 4.37. The second-order valence-corrected chi connectivity index (χ2v) is 4.62. The van der Waals surface area contributed by atoms with E-state index in [1.165, 1.54) is 11.9 Å². The van der Waals surface area contributed by atoms with E-state index < -0.39 is 18.3 Å². The normalized spacial score (nSPS) is 18.2. The average Bonchev–Trinajstić information content (AvgIpc) is 2.89. The molecule has 1 saturated carbocycles. The smallest absolute Gasteiger partial charge is 0.354 e. The molecule has 0 heterocycles. The first-order chi connectivity index (χ1) is 7.73. The monoisotopic (exact) mass is 253 g/mol. The molecule has 0 aromatic rings. The van der Waals surface area contributed by atoms with E-state index in [2.05, 4.69) is 5.32 Å². The Morgan fingerprint density at radius 3 is 2.53 bits per heavy atom. The minimum atomic E-state index is -4.17. The molecule has 3 N–H and O–H groups in total. The molecular weight excluding hydrogens is 235 g/mol. The highest BCUT2D eigenvalue weighted by molar-refractivity contribution is 5.88. The van der Waals surface area contributed by atoms with Crippen molar-refractivity contribution in [3.63, 3.8) is 0 Å². The van der Waals surface area contributed by atoms with E-state index in [1.807, 2.05) is 0 Å². The predicted molar refractivity (Wildman–Crippen MR) is 57.3 cm³/mol. The van der Waals surface area contributed by atoms with Gasteiger partial charge in [0.1, 0.15) is 0 Å². The summed E-state index contributed by atoms with van der Waals surface area (Å²) in [7, 11) is 1.40. The number of carbonyl (C=O) groups is 1. The van der Waals surface area contributed by atoms with Gasteiger partial charge < -0.3 is 11.1 Å². The van der Waals surface area contributed by atoms with Gasteiger partial charge in [-0.2, -0.15) is 13.2 Å². The topological polar surface area (TPSA) is 58.4 Å². The number of nitrogens with one attached hydrogen (secondary N) is 1. The van der Waals surface area contributed by atoms with Crippen molar-refractivity contribution in [1.29, 1.82) is 0 Å². The molecule has 1 rings (SSSR count). The number of nitrogens with zero attached hydrogens (tertiary/aromatic N) is 1. The fourth-order valence-corrected chi connectivity index (χ4v) is 1.47. The minimum absolute atomic E-state index is 0.198. The molecule has 1 fully saturated rings. The van der Waals surface area contributed by atoms with Crippen molar-refractivity contribution < 1.29 is 18.0 Å². The molecule has 0 atom stereocenters. The summed E-state index contributed by atoms with van der Waals surface area (Å²) in [6.07, 6.45) is -2.32. The molecule has 1 aliphatic carbocycles. The van der Waals surface area contributed by atoms with Crippen LogP contribution in [0.5, 0.6) is 0 Å². The number of nitrogens with two attached hydrogens (primary N) is 1. The fourth-order valence-electron chi connectivity index (χ4n) is 1.47. The standard InChI is InChI=1S/C10H18F3N3O/c1-16(7-10(11,12)13)6-2-5-15-8(17)9(14)3-4-9/h2-7,14H2,1H3,(H,15,17). The van der Waals surface area contributed by atoms with E-state index in [1.54, 1.807) is 0 Å². The van der Waals surface area contributed by atoms with Gasteiger partial charge in [0.05, 0.1) is 12.1 Å². The van der Waals surface area contributed by atoms with E-state index in [-0.39, 0.29) is 12.5 Å². The molecule has 4 nitrogen and oxygen atoms in total. The van der Waals surface area contributed by atoms with Crippen LogP contribution in [0.15, 0.2) is 0 Å². The van der Waals surface area contributed by atoms with Crippen LogP contribution in [-0.2, 0) is 4.79 Å². The lowest BCUT2D eigenvalue weighted by atomic mass is 10.2. The van der Waals surface area contributed by atoms with Gasteiger partial charge in [0, 0.05) is 6.54 Å². The molecule has 0 unspecified atom stereocenters. The summed E-state index contributed by atoms with van der Waals surface area (Å²) in [4.78, 5) is 12.6. The Hall–Kier alpha value is -0.820. The zero-order valence-corrected chi connectivity index (χ0v) is 9.81. The Bertz CT molecular complexity index is 276. The third kappa shape index (κ3) is 5.36. The largest absolute Gasteiger partial charge is 0.401 e. The Balaban J connectivity index is 2.06. The van der Waals surface area contributed by atoms with Crippen LogP contribution in [0.1, 0.15) is 19.3 Å².